The lowest BCUT2D eigenvalue weighted by molar-refractivity contribution is -0.275. The zero-order chi connectivity index (χ0) is 22.6. The zero-order valence-electron chi connectivity index (χ0n) is 20.5. The van der Waals surface area contributed by atoms with Gasteiger partial charge in [0.25, 0.3) is 0 Å². The van der Waals surface area contributed by atoms with E-state index in [9.17, 15) is 5.11 Å². The third-order valence-electron chi connectivity index (χ3n) is 8.67. The predicted molar refractivity (Wildman–Crippen MR) is 127 cm³/mol. The lowest BCUT2D eigenvalue weighted by Crippen LogP contribution is -2.54. The van der Waals surface area contributed by atoms with Crippen LogP contribution in [-0.4, -0.2) is 38.5 Å². The molecule has 0 radical (unpaired) electrons. The van der Waals surface area contributed by atoms with Gasteiger partial charge < -0.3 is 19.0 Å². The van der Waals surface area contributed by atoms with Crippen molar-refractivity contribution in [3.05, 3.63) is 34.9 Å². The van der Waals surface area contributed by atoms with Gasteiger partial charge in [0.1, 0.15) is 0 Å². The Morgan fingerprint density at radius 2 is 1.87 bits per heavy atom. The maximum absolute atomic E-state index is 11.0. The lowest BCUT2D eigenvalue weighted by Gasteiger charge is -2.48. The Bertz CT molecular complexity index is 793. The molecule has 1 N–H and O–H groups in total. The Kier molecular flexibility index (Phi) is 6.23. The van der Waals surface area contributed by atoms with E-state index in [2.05, 4.69) is 65.9 Å². The van der Waals surface area contributed by atoms with Crippen LogP contribution in [0.5, 0.6) is 0 Å². The molecule has 5 atom stereocenters. The van der Waals surface area contributed by atoms with Crippen molar-refractivity contribution in [3.63, 3.8) is 0 Å². The number of aryl methyl sites for hydroxylation is 2. The number of benzene rings is 1. The molecule has 0 aromatic heterocycles. The van der Waals surface area contributed by atoms with Gasteiger partial charge in [-0.05, 0) is 74.2 Å². The summed E-state index contributed by atoms with van der Waals surface area (Å²) in [6, 6.07) is 6.72. The van der Waals surface area contributed by atoms with Crippen LogP contribution in [0.25, 0.3) is 0 Å². The molecule has 2 aliphatic carbocycles. The largest absolute Gasteiger partial charge is 0.410 e. The van der Waals surface area contributed by atoms with Gasteiger partial charge in [0.2, 0.25) is 0 Å². The minimum atomic E-state index is -1.92. The molecule has 0 bridgehead atoms. The summed E-state index contributed by atoms with van der Waals surface area (Å²) in [6.45, 7) is 17.3. The van der Waals surface area contributed by atoms with Gasteiger partial charge in [0, 0.05) is 12.3 Å². The summed E-state index contributed by atoms with van der Waals surface area (Å²) < 4.78 is 18.9. The van der Waals surface area contributed by atoms with Gasteiger partial charge in [-0.2, -0.15) is 0 Å². The van der Waals surface area contributed by atoms with Crippen LogP contribution in [0.2, 0.25) is 18.1 Å². The number of aliphatic hydroxyl groups is 1. The first-order valence-corrected chi connectivity index (χ1v) is 15.1. The predicted octanol–water partition coefficient (Wildman–Crippen LogP) is 5.91. The highest BCUT2D eigenvalue weighted by Crippen LogP contribution is 2.60. The van der Waals surface area contributed by atoms with Crippen LogP contribution in [0.1, 0.15) is 69.2 Å². The van der Waals surface area contributed by atoms with Crippen LogP contribution in [0.3, 0.4) is 0 Å². The monoisotopic (exact) mass is 446 g/mol. The molecule has 1 aromatic carbocycles. The van der Waals surface area contributed by atoms with Crippen LogP contribution in [0.4, 0.5) is 0 Å². The van der Waals surface area contributed by atoms with E-state index in [1.54, 1.807) is 0 Å². The van der Waals surface area contributed by atoms with E-state index in [0.717, 1.165) is 25.7 Å². The first-order valence-electron chi connectivity index (χ1n) is 12.1. The second-order valence-electron chi connectivity index (χ2n) is 11.8. The van der Waals surface area contributed by atoms with Crippen LogP contribution in [-0.2, 0) is 13.9 Å². The first-order chi connectivity index (χ1) is 14.4. The summed E-state index contributed by atoms with van der Waals surface area (Å²) >= 11 is 0. The van der Waals surface area contributed by atoms with E-state index < -0.39 is 8.32 Å². The third kappa shape index (κ3) is 4.29. The highest BCUT2D eigenvalue weighted by Gasteiger charge is 2.64. The Hall–Kier alpha value is -0.723. The molecule has 1 heterocycles. The molecule has 5 unspecified atom stereocenters. The van der Waals surface area contributed by atoms with Crippen molar-refractivity contribution in [2.45, 2.75) is 96.4 Å². The third-order valence-corrected chi connectivity index (χ3v) is 13.2. The highest BCUT2D eigenvalue weighted by atomic mass is 28.4. The lowest BCUT2D eigenvalue weighted by atomic mass is 9.69. The SMILES string of the molecule is Cc1ccc(C(CCC2CC3C(CC34OCCO4)C2O)O[Si](C)(C)C(C)(C)C)c(C)c1. The molecule has 1 aromatic rings. The van der Waals surface area contributed by atoms with Gasteiger partial charge in [0.05, 0.1) is 25.4 Å². The molecular weight excluding hydrogens is 404 g/mol. The average molecular weight is 447 g/mol. The summed E-state index contributed by atoms with van der Waals surface area (Å²) in [6.07, 6.45) is 3.64. The molecule has 2 saturated carbocycles. The Balaban J connectivity index is 1.49. The Morgan fingerprint density at radius 3 is 2.48 bits per heavy atom. The maximum Gasteiger partial charge on any atom is 0.192 e. The number of aliphatic hydroxyl groups excluding tert-OH is 1. The van der Waals surface area contributed by atoms with Gasteiger partial charge >= 0.3 is 0 Å². The molecule has 0 amide bonds. The van der Waals surface area contributed by atoms with Gasteiger partial charge in [0.15, 0.2) is 14.1 Å². The molecule has 174 valence electrons. The molecule has 1 aliphatic heterocycles. The van der Waals surface area contributed by atoms with E-state index >= 15 is 0 Å². The van der Waals surface area contributed by atoms with E-state index in [-0.39, 0.29) is 23.0 Å². The normalized spacial score (nSPS) is 31.0. The minimum absolute atomic E-state index is 0.0832. The Labute approximate surface area is 189 Å². The fraction of sp³-hybridized carbons (Fsp3) is 0.769. The Morgan fingerprint density at radius 1 is 1.19 bits per heavy atom. The summed E-state index contributed by atoms with van der Waals surface area (Å²) in [5.41, 5.74) is 3.91. The minimum Gasteiger partial charge on any atom is -0.410 e. The van der Waals surface area contributed by atoms with Crippen molar-refractivity contribution in [2.24, 2.45) is 17.8 Å². The molecule has 1 saturated heterocycles. The van der Waals surface area contributed by atoms with Crippen LogP contribution in [0, 0.1) is 31.6 Å². The topological polar surface area (TPSA) is 47.9 Å². The zero-order valence-corrected chi connectivity index (χ0v) is 21.5. The number of hydrogen-bond acceptors (Lipinski definition) is 4. The summed E-state index contributed by atoms with van der Waals surface area (Å²) in [7, 11) is -1.92. The van der Waals surface area contributed by atoms with Gasteiger partial charge in [-0.1, -0.05) is 44.5 Å². The maximum atomic E-state index is 11.0. The summed E-state index contributed by atoms with van der Waals surface area (Å²) in [5, 5.41) is 11.2. The molecule has 3 fully saturated rings. The summed E-state index contributed by atoms with van der Waals surface area (Å²) in [4.78, 5) is 0. The van der Waals surface area contributed by atoms with Gasteiger partial charge in [-0.3, -0.25) is 0 Å². The standard InChI is InChI=1S/C26H42O4Si/c1-17-8-10-20(18(2)14-17)23(30-31(6,7)25(3,4)5)11-9-19-15-22-21(24(19)27)16-26(22)28-12-13-29-26/h8,10,14,19,21-24,27H,9,11-13,15-16H2,1-7H3. The van der Waals surface area contributed by atoms with Crippen molar-refractivity contribution >= 4 is 8.32 Å². The van der Waals surface area contributed by atoms with Crippen molar-refractivity contribution in [2.75, 3.05) is 13.2 Å². The van der Waals surface area contributed by atoms with E-state index in [1.807, 2.05) is 0 Å². The van der Waals surface area contributed by atoms with Gasteiger partial charge in [-0.25, -0.2) is 0 Å². The molecular formula is C26H42O4Si. The molecule has 5 heteroatoms. The van der Waals surface area contributed by atoms with Crippen molar-refractivity contribution in [1.82, 2.24) is 0 Å². The van der Waals surface area contributed by atoms with Crippen LogP contribution in [0.15, 0.2) is 18.2 Å². The highest BCUT2D eigenvalue weighted by molar-refractivity contribution is 6.74. The second kappa shape index (κ2) is 8.25. The average Bonchev–Trinajstić information content (AvgIpc) is 3.24. The smallest absolute Gasteiger partial charge is 0.192 e. The summed E-state index contributed by atoms with van der Waals surface area (Å²) in [5.74, 6) is 0.614. The van der Waals surface area contributed by atoms with Gasteiger partial charge in [-0.15, -0.1) is 0 Å². The molecule has 4 nitrogen and oxygen atoms in total. The van der Waals surface area contributed by atoms with E-state index in [0.29, 0.717) is 31.0 Å². The van der Waals surface area contributed by atoms with Crippen LogP contribution < -0.4 is 0 Å². The quantitative estimate of drug-likeness (QED) is 0.552. The van der Waals surface area contributed by atoms with Crippen LogP contribution >= 0.6 is 0 Å². The number of rotatable bonds is 6. The molecule has 3 aliphatic rings. The fourth-order valence-electron chi connectivity index (χ4n) is 5.77. The second-order valence-corrected chi connectivity index (χ2v) is 16.5. The molecule has 31 heavy (non-hydrogen) atoms. The number of hydrogen-bond donors (Lipinski definition) is 1. The first kappa shape index (κ1) is 23.4. The van der Waals surface area contributed by atoms with Crippen molar-refractivity contribution < 1.29 is 19.0 Å². The van der Waals surface area contributed by atoms with Crippen molar-refractivity contribution in [3.8, 4) is 0 Å². The molecule has 4 rings (SSSR count). The van der Waals surface area contributed by atoms with Crippen molar-refractivity contribution in [1.29, 1.82) is 0 Å². The van der Waals surface area contributed by atoms with E-state index in [4.69, 9.17) is 13.9 Å². The molecule has 1 spiro atoms. The number of ether oxygens (including phenoxy) is 2. The number of fused-ring (bicyclic) bond motifs is 2. The fourth-order valence-corrected chi connectivity index (χ4v) is 7.08. The van der Waals surface area contributed by atoms with E-state index in [1.165, 1.54) is 16.7 Å².